The molecule has 0 aromatic rings. The Bertz CT molecular complexity index is 191. The molecule has 82 valence electrons. The number of carbonyl (C=O) groups is 1. The number of aliphatic hydroxyl groups is 1. The summed E-state index contributed by atoms with van der Waals surface area (Å²) in [5.41, 5.74) is -0.137. The number of hydrogen-bond donors (Lipinski definition) is 3. The van der Waals surface area contributed by atoms with Gasteiger partial charge in [-0.1, -0.05) is 13.3 Å². The molecule has 0 bridgehead atoms. The van der Waals surface area contributed by atoms with Gasteiger partial charge >= 0.3 is 0 Å². The fraction of sp³-hybridized carbons (Fsp3) is 0.900. The molecule has 0 heterocycles. The topological polar surface area (TPSA) is 61.4 Å². The fourth-order valence-corrected chi connectivity index (χ4v) is 1.28. The molecule has 4 nitrogen and oxygen atoms in total. The molecule has 1 rings (SSSR count). The molecule has 0 spiro atoms. The normalized spacial score (nSPS) is 17.9. The van der Waals surface area contributed by atoms with Crippen molar-refractivity contribution in [2.45, 2.75) is 38.1 Å². The summed E-state index contributed by atoms with van der Waals surface area (Å²) in [6.45, 7) is 3.30. The Kier molecular flexibility index (Phi) is 4.35. The van der Waals surface area contributed by atoms with E-state index in [1.165, 1.54) is 0 Å². The van der Waals surface area contributed by atoms with Gasteiger partial charge in [0.15, 0.2) is 0 Å². The van der Waals surface area contributed by atoms with E-state index in [2.05, 4.69) is 17.6 Å². The average molecular weight is 200 g/mol. The Morgan fingerprint density at radius 3 is 2.71 bits per heavy atom. The minimum absolute atomic E-state index is 0.0261. The van der Waals surface area contributed by atoms with Crippen LogP contribution in [0, 0.1) is 0 Å². The van der Waals surface area contributed by atoms with Crippen molar-refractivity contribution in [1.82, 2.24) is 10.6 Å². The van der Waals surface area contributed by atoms with Crippen LogP contribution >= 0.6 is 0 Å². The molecule has 1 amide bonds. The first kappa shape index (κ1) is 11.5. The van der Waals surface area contributed by atoms with Crippen molar-refractivity contribution in [3.63, 3.8) is 0 Å². The molecular formula is C10H20N2O2. The Morgan fingerprint density at radius 2 is 2.21 bits per heavy atom. The van der Waals surface area contributed by atoms with Crippen molar-refractivity contribution in [1.29, 1.82) is 0 Å². The van der Waals surface area contributed by atoms with Crippen molar-refractivity contribution in [2.75, 3.05) is 19.7 Å². The highest BCUT2D eigenvalue weighted by Crippen LogP contribution is 2.34. The molecule has 14 heavy (non-hydrogen) atoms. The lowest BCUT2D eigenvalue weighted by molar-refractivity contribution is -0.120. The second-order valence-corrected chi connectivity index (χ2v) is 4.00. The average Bonchev–Trinajstić information content (AvgIpc) is 2.96. The zero-order valence-corrected chi connectivity index (χ0v) is 8.81. The minimum atomic E-state index is -0.137. The van der Waals surface area contributed by atoms with Gasteiger partial charge in [0.25, 0.3) is 0 Å². The van der Waals surface area contributed by atoms with E-state index in [-0.39, 0.29) is 18.1 Å². The van der Waals surface area contributed by atoms with Crippen molar-refractivity contribution in [2.24, 2.45) is 0 Å². The van der Waals surface area contributed by atoms with Gasteiger partial charge in [0.2, 0.25) is 5.91 Å². The Morgan fingerprint density at radius 1 is 1.50 bits per heavy atom. The van der Waals surface area contributed by atoms with Gasteiger partial charge in [-0.25, -0.2) is 0 Å². The molecule has 0 atom stereocenters. The van der Waals surface area contributed by atoms with Gasteiger partial charge in [0, 0.05) is 12.1 Å². The zero-order chi connectivity index (χ0) is 10.4. The number of aliphatic hydroxyl groups excluding tert-OH is 1. The Balaban J connectivity index is 2.03. The van der Waals surface area contributed by atoms with Gasteiger partial charge < -0.3 is 15.7 Å². The monoisotopic (exact) mass is 200 g/mol. The number of nitrogens with one attached hydrogen (secondary N) is 2. The molecule has 1 saturated carbocycles. The third-order valence-electron chi connectivity index (χ3n) is 2.63. The summed E-state index contributed by atoms with van der Waals surface area (Å²) >= 11 is 0. The number of carbonyl (C=O) groups excluding carboxylic acids is 1. The van der Waals surface area contributed by atoms with E-state index in [0.29, 0.717) is 6.54 Å². The maximum Gasteiger partial charge on any atom is 0.233 e. The molecule has 0 unspecified atom stereocenters. The summed E-state index contributed by atoms with van der Waals surface area (Å²) < 4.78 is 0. The highest BCUT2D eigenvalue weighted by Gasteiger charge is 2.41. The maximum atomic E-state index is 11.3. The lowest BCUT2D eigenvalue weighted by Gasteiger charge is -2.13. The second-order valence-electron chi connectivity index (χ2n) is 4.00. The van der Waals surface area contributed by atoms with Crippen LogP contribution in [0.3, 0.4) is 0 Å². The van der Waals surface area contributed by atoms with E-state index in [1.54, 1.807) is 0 Å². The second kappa shape index (κ2) is 5.32. The molecule has 1 fully saturated rings. The SMILES string of the molecule is CCCCNC(=O)CNC1(CO)CC1. The third kappa shape index (κ3) is 3.64. The highest BCUT2D eigenvalue weighted by molar-refractivity contribution is 5.78. The van der Waals surface area contributed by atoms with Gasteiger partial charge in [0.05, 0.1) is 13.2 Å². The van der Waals surface area contributed by atoms with Gasteiger partial charge in [-0.3, -0.25) is 4.79 Å². The van der Waals surface area contributed by atoms with Gasteiger partial charge in [-0.15, -0.1) is 0 Å². The molecule has 1 aliphatic rings. The molecule has 0 aliphatic heterocycles. The summed E-state index contributed by atoms with van der Waals surface area (Å²) in [5.74, 6) is 0.0261. The van der Waals surface area contributed by atoms with Crippen LogP contribution in [0.15, 0.2) is 0 Å². The van der Waals surface area contributed by atoms with Crippen LogP contribution in [-0.2, 0) is 4.79 Å². The predicted molar refractivity (Wildman–Crippen MR) is 55.0 cm³/mol. The molecule has 3 N–H and O–H groups in total. The molecular weight excluding hydrogens is 180 g/mol. The summed E-state index contributed by atoms with van der Waals surface area (Å²) in [4.78, 5) is 11.3. The summed E-state index contributed by atoms with van der Waals surface area (Å²) in [6, 6.07) is 0. The third-order valence-corrected chi connectivity index (χ3v) is 2.63. The van der Waals surface area contributed by atoms with E-state index in [0.717, 1.165) is 32.2 Å². The standard InChI is InChI=1S/C10H20N2O2/c1-2-3-6-11-9(14)7-12-10(8-13)4-5-10/h12-13H,2-8H2,1H3,(H,11,14). The summed E-state index contributed by atoms with van der Waals surface area (Å²) in [5, 5.41) is 14.9. The van der Waals surface area contributed by atoms with Crippen LogP contribution in [0.5, 0.6) is 0 Å². The number of hydrogen-bond acceptors (Lipinski definition) is 3. The first-order valence-corrected chi connectivity index (χ1v) is 5.35. The van der Waals surface area contributed by atoms with Gasteiger partial charge in [-0.05, 0) is 19.3 Å². The van der Waals surface area contributed by atoms with Crippen LogP contribution in [0.1, 0.15) is 32.6 Å². The number of amides is 1. The van der Waals surface area contributed by atoms with Crippen molar-refractivity contribution in [3.8, 4) is 0 Å². The van der Waals surface area contributed by atoms with E-state index in [1.807, 2.05) is 0 Å². The van der Waals surface area contributed by atoms with E-state index >= 15 is 0 Å². The first-order chi connectivity index (χ1) is 6.72. The minimum Gasteiger partial charge on any atom is -0.394 e. The molecule has 0 aromatic heterocycles. The van der Waals surface area contributed by atoms with Crippen LogP contribution < -0.4 is 10.6 Å². The van der Waals surface area contributed by atoms with E-state index in [4.69, 9.17) is 5.11 Å². The van der Waals surface area contributed by atoms with Crippen LogP contribution in [0.2, 0.25) is 0 Å². The summed E-state index contributed by atoms with van der Waals surface area (Å²) in [7, 11) is 0. The van der Waals surface area contributed by atoms with Crippen LogP contribution in [0.25, 0.3) is 0 Å². The van der Waals surface area contributed by atoms with Gasteiger partial charge in [-0.2, -0.15) is 0 Å². The molecule has 1 aliphatic carbocycles. The fourth-order valence-electron chi connectivity index (χ4n) is 1.28. The largest absolute Gasteiger partial charge is 0.394 e. The van der Waals surface area contributed by atoms with E-state index < -0.39 is 0 Å². The number of rotatable bonds is 7. The zero-order valence-electron chi connectivity index (χ0n) is 8.81. The molecule has 0 aromatic carbocycles. The predicted octanol–water partition coefficient (Wildman–Crippen LogP) is 0.0172. The molecule has 0 saturated heterocycles. The highest BCUT2D eigenvalue weighted by atomic mass is 16.3. The van der Waals surface area contributed by atoms with Crippen LogP contribution in [0.4, 0.5) is 0 Å². The van der Waals surface area contributed by atoms with Crippen LogP contribution in [-0.4, -0.2) is 36.2 Å². The lowest BCUT2D eigenvalue weighted by atomic mass is 10.3. The maximum absolute atomic E-state index is 11.3. The van der Waals surface area contributed by atoms with Crippen molar-refractivity contribution < 1.29 is 9.90 Å². The Labute approximate surface area is 85.1 Å². The molecule has 0 radical (unpaired) electrons. The molecule has 4 heteroatoms. The summed E-state index contributed by atoms with van der Waals surface area (Å²) in [6.07, 6.45) is 4.07. The smallest absolute Gasteiger partial charge is 0.233 e. The van der Waals surface area contributed by atoms with Gasteiger partial charge in [0.1, 0.15) is 0 Å². The Hall–Kier alpha value is -0.610. The van der Waals surface area contributed by atoms with Crippen molar-refractivity contribution >= 4 is 5.91 Å². The lowest BCUT2D eigenvalue weighted by Crippen LogP contribution is -2.42. The quantitative estimate of drug-likeness (QED) is 0.508. The van der Waals surface area contributed by atoms with Crippen molar-refractivity contribution in [3.05, 3.63) is 0 Å². The van der Waals surface area contributed by atoms with E-state index in [9.17, 15) is 4.79 Å². The first-order valence-electron chi connectivity index (χ1n) is 5.35. The number of unbranched alkanes of at least 4 members (excludes halogenated alkanes) is 1.